The summed E-state index contributed by atoms with van der Waals surface area (Å²) in [7, 11) is 1.89. The number of piperidine rings is 1. The Morgan fingerprint density at radius 2 is 1.61 bits per heavy atom. The smallest absolute Gasteiger partial charge is 0.456 e. The minimum absolute atomic E-state index is 0.00994. The van der Waals surface area contributed by atoms with E-state index in [1.54, 1.807) is 11.0 Å². The molecular formula is C24H25F6N3O3. The predicted octanol–water partition coefficient (Wildman–Crippen LogP) is 4.64. The SMILES string of the molecule is CC1Cn2c(C(=O)C(F)(F)F)ccc2C2(CCN(C(=O)c3ccc(OCC(F)(F)F)cc3)CC2)N1C. The number of carbonyl (C=O) groups excluding carboxylic acids is 2. The highest BCUT2D eigenvalue weighted by molar-refractivity contribution is 5.99. The number of fused-ring (bicyclic) bond motifs is 2. The van der Waals surface area contributed by atoms with Crippen molar-refractivity contribution >= 4 is 11.7 Å². The maximum atomic E-state index is 13.1. The van der Waals surface area contributed by atoms with Crippen LogP contribution in [0.4, 0.5) is 26.3 Å². The molecule has 1 atom stereocenters. The summed E-state index contributed by atoms with van der Waals surface area (Å²) in [6.07, 6.45) is -8.56. The minimum atomic E-state index is -4.97. The molecule has 0 N–H and O–H groups in total. The number of likely N-dealkylation sites (N-methyl/N-ethyl adjacent to an activating group) is 1. The van der Waals surface area contributed by atoms with Gasteiger partial charge in [-0.15, -0.1) is 0 Å². The summed E-state index contributed by atoms with van der Waals surface area (Å²) in [6, 6.07) is 8.04. The van der Waals surface area contributed by atoms with Crippen LogP contribution in [0.5, 0.6) is 5.75 Å². The quantitative estimate of drug-likeness (QED) is 0.438. The maximum Gasteiger partial charge on any atom is 0.456 e. The Hall–Kier alpha value is -3.02. The Kier molecular flexibility index (Phi) is 6.61. The number of hydrogen-bond acceptors (Lipinski definition) is 4. The van der Waals surface area contributed by atoms with Crippen LogP contribution in [0.3, 0.4) is 0 Å². The minimum Gasteiger partial charge on any atom is -0.484 e. The molecule has 0 bridgehead atoms. The van der Waals surface area contributed by atoms with Crippen LogP contribution in [0.1, 0.15) is 46.3 Å². The van der Waals surface area contributed by atoms with Crippen molar-refractivity contribution in [3.8, 4) is 5.75 Å². The van der Waals surface area contributed by atoms with Gasteiger partial charge in [0.05, 0.1) is 11.2 Å². The number of likely N-dealkylation sites (tertiary alicyclic amines) is 1. The van der Waals surface area contributed by atoms with Gasteiger partial charge in [-0.25, -0.2) is 0 Å². The van der Waals surface area contributed by atoms with Gasteiger partial charge in [-0.1, -0.05) is 0 Å². The first kappa shape index (κ1) is 26.1. The molecule has 2 aliphatic rings. The molecule has 2 aromatic rings. The number of benzene rings is 1. The number of carbonyl (C=O) groups is 2. The number of rotatable bonds is 4. The standard InChI is InChI=1S/C24H25F6N3O3/c1-15-13-33-18(20(34)24(28,29)30)7-8-19(33)22(31(15)2)9-11-32(12-10-22)21(35)16-3-5-17(6-4-16)36-14-23(25,26)27/h3-8,15H,9-14H2,1-2H3. The molecule has 4 rings (SSSR count). The zero-order valence-corrected chi connectivity index (χ0v) is 19.6. The van der Waals surface area contributed by atoms with Gasteiger partial charge in [0.2, 0.25) is 0 Å². The number of alkyl halides is 6. The van der Waals surface area contributed by atoms with E-state index in [4.69, 9.17) is 0 Å². The van der Waals surface area contributed by atoms with E-state index in [9.17, 15) is 35.9 Å². The first-order valence-corrected chi connectivity index (χ1v) is 11.4. The third-order valence-corrected chi connectivity index (χ3v) is 7.11. The lowest BCUT2D eigenvalue weighted by atomic mass is 9.80. The fourth-order valence-corrected chi connectivity index (χ4v) is 5.13. The summed E-state index contributed by atoms with van der Waals surface area (Å²) in [6.45, 7) is 1.32. The molecule has 1 spiro atoms. The Bertz CT molecular complexity index is 1130. The number of ketones is 1. The lowest BCUT2D eigenvalue weighted by Crippen LogP contribution is -2.59. The van der Waals surface area contributed by atoms with Crippen LogP contribution in [0.25, 0.3) is 0 Å². The molecule has 1 unspecified atom stereocenters. The molecule has 196 valence electrons. The Balaban J connectivity index is 1.50. The van der Waals surface area contributed by atoms with E-state index in [1.165, 1.54) is 34.9 Å². The molecule has 0 radical (unpaired) electrons. The second-order valence-electron chi connectivity index (χ2n) is 9.25. The molecule has 1 aromatic heterocycles. The molecule has 36 heavy (non-hydrogen) atoms. The van der Waals surface area contributed by atoms with Gasteiger partial charge >= 0.3 is 12.4 Å². The zero-order chi connectivity index (χ0) is 26.5. The third-order valence-electron chi connectivity index (χ3n) is 7.11. The molecule has 0 aliphatic carbocycles. The van der Waals surface area contributed by atoms with Crippen molar-refractivity contribution < 1.29 is 40.7 Å². The fraction of sp³-hybridized carbons (Fsp3) is 0.500. The summed E-state index contributed by atoms with van der Waals surface area (Å²) >= 11 is 0. The first-order valence-electron chi connectivity index (χ1n) is 11.4. The van der Waals surface area contributed by atoms with Gasteiger partial charge in [0, 0.05) is 36.9 Å². The average Bonchev–Trinajstić information content (AvgIpc) is 3.24. The molecule has 6 nitrogen and oxygen atoms in total. The van der Waals surface area contributed by atoms with Crippen LogP contribution < -0.4 is 4.74 Å². The van der Waals surface area contributed by atoms with E-state index in [2.05, 4.69) is 9.64 Å². The van der Waals surface area contributed by atoms with Crippen molar-refractivity contribution in [2.75, 3.05) is 26.7 Å². The molecule has 1 aromatic carbocycles. The van der Waals surface area contributed by atoms with E-state index in [0.29, 0.717) is 31.6 Å². The molecular weight excluding hydrogens is 492 g/mol. The number of hydrogen-bond donors (Lipinski definition) is 0. The van der Waals surface area contributed by atoms with Crippen LogP contribution >= 0.6 is 0 Å². The maximum absolute atomic E-state index is 13.1. The van der Waals surface area contributed by atoms with Gasteiger partial charge in [0.25, 0.3) is 11.7 Å². The third kappa shape index (κ3) is 4.82. The van der Waals surface area contributed by atoms with Gasteiger partial charge < -0.3 is 14.2 Å². The summed E-state index contributed by atoms with van der Waals surface area (Å²) in [5.41, 5.74) is -0.123. The molecule has 12 heteroatoms. The Morgan fingerprint density at radius 3 is 2.17 bits per heavy atom. The van der Waals surface area contributed by atoms with Crippen LogP contribution in [0, 0.1) is 0 Å². The van der Waals surface area contributed by atoms with Crippen molar-refractivity contribution in [3.63, 3.8) is 0 Å². The summed E-state index contributed by atoms with van der Waals surface area (Å²) < 4.78 is 82.5. The fourth-order valence-electron chi connectivity index (χ4n) is 5.13. The molecule has 1 fully saturated rings. The van der Waals surface area contributed by atoms with Gasteiger partial charge in [-0.05, 0) is 63.2 Å². The topological polar surface area (TPSA) is 54.8 Å². The highest BCUT2D eigenvalue weighted by Gasteiger charge is 2.49. The van der Waals surface area contributed by atoms with Crippen LogP contribution in [-0.2, 0) is 12.1 Å². The van der Waals surface area contributed by atoms with E-state index < -0.39 is 30.3 Å². The number of Topliss-reactive ketones (excluding diaryl/α,β-unsaturated/α-hetero) is 1. The van der Waals surface area contributed by atoms with Gasteiger partial charge in [0.1, 0.15) is 5.75 Å². The average molecular weight is 517 g/mol. The van der Waals surface area contributed by atoms with Crippen molar-refractivity contribution in [2.45, 2.75) is 50.2 Å². The van der Waals surface area contributed by atoms with Crippen molar-refractivity contribution in [3.05, 3.63) is 53.3 Å². The summed E-state index contributed by atoms with van der Waals surface area (Å²) in [5, 5.41) is 0. The monoisotopic (exact) mass is 517 g/mol. The number of aromatic nitrogens is 1. The second-order valence-corrected chi connectivity index (χ2v) is 9.25. The number of ether oxygens (including phenoxy) is 1. The van der Waals surface area contributed by atoms with Crippen molar-refractivity contribution in [1.82, 2.24) is 14.4 Å². The van der Waals surface area contributed by atoms with Gasteiger partial charge in [-0.3, -0.25) is 14.5 Å². The number of amides is 1. The highest BCUT2D eigenvalue weighted by atomic mass is 19.4. The predicted molar refractivity (Wildman–Crippen MR) is 117 cm³/mol. The summed E-state index contributed by atoms with van der Waals surface area (Å²) in [5.74, 6) is -2.19. The number of nitrogens with zero attached hydrogens (tertiary/aromatic N) is 3. The van der Waals surface area contributed by atoms with Gasteiger partial charge in [-0.2, -0.15) is 26.3 Å². The Labute approximate surface area is 203 Å². The normalized spacial score (nSPS) is 20.3. The molecule has 1 amide bonds. The van der Waals surface area contributed by atoms with E-state index in [0.717, 1.165) is 0 Å². The zero-order valence-electron chi connectivity index (χ0n) is 19.6. The van der Waals surface area contributed by atoms with Crippen LogP contribution in [0.15, 0.2) is 36.4 Å². The van der Waals surface area contributed by atoms with E-state index in [-0.39, 0.29) is 35.5 Å². The van der Waals surface area contributed by atoms with Gasteiger partial charge in [0.15, 0.2) is 6.61 Å². The Morgan fingerprint density at radius 1 is 1.00 bits per heavy atom. The lowest BCUT2D eigenvalue weighted by molar-refractivity contribution is -0.153. The summed E-state index contributed by atoms with van der Waals surface area (Å²) in [4.78, 5) is 28.7. The molecule has 3 heterocycles. The van der Waals surface area contributed by atoms with Crippen molar-refractivity contribution in [2.24, 2.45) is 0 Å². The van der Waals surface area contributed by atoms with E-state index >= 15 is 0 Å². The number of halogens is 6. The molecule has 1 saturated heterocycles. The molecule has 0 saturated carbocycles. The van der Waals surface area contributed by atoms with Crippen molar-refractivity contribution in [1.29, 1.82) is 0 Å². The molecule has 2 aliphatic heterocycles. The highest BCUT2D eigenvalue weighted by Crippen LogP contribution is 2.44. The second kappa shape index (κ2) is 9.13. The first-order chi connectivity index (χ1) is 16.7. The largest absolute Gasteiger partial charge is 0.484 e. The lowest BCUT2D eigenvalue weighted by Gasteiger charge is -2.53. The van der Waals surface area contributed by atoms with Crippen LogP contribution in [-0.4, -0.2) is 71.2 Å². The van der Waals surface area contributed by atoms with E-state index in [1.807, 2.05) is 14.0 Å². The van der Waals surface area contributed by atoms with Crippen LogP contribution in [0.2, 0.25) is 0 Å².